The minimum atomic E-state index is 0.0413. The number of amides is 1. The van der Waals surface area contributed by atoms with Gasteiger partial charge in [-0.2, -0.15) is 5.10 Å². The maximum absolute atomic E-state index is 12.9. The Morgan fingerprint density at radius 2 is 2.04 bits per heavy atom. The van der Waals surface area contributed by atoms with Gasteiger partial charge in [0, 0.05) is 35.8 Å². The molecule has 3 heterocycles. The molecular formula is C20H21N5O. The Balaban J connectivity index is 1.72. The summed E-state index contributed by atoms with van der Waals surface area (Å²) < 4.78 is 1.81. The SMILES string of the molecule is Cc1nn(C)cc1-c1cccc2c(N)c3c(nc12)CN(C1CCC1)C3=O. The van der Waals surface area contributed by atoms with Crippen LogP contribution < -0.4 is 5.73 Å². The van der Waals surface area contributed by atoms with Crippen LogP contribution in [0.4, 0.5) is 5.69 Å². The second kappa shape index (κ2) is 5.30. The van der Waals surface area contributed by atoms with Crippen molar-refractivity contribution in [2.24, 2.45) is 7.05 Å². The van der Waals surface area contributed by atoms with Crippen LogP contribution in [0, 0.1) is 6.92 Å². The molecule has 2 N–H and O–H groups in total. The molecule has 0 saturated heterocycles. The quantitative estimate of drug-likeness (QED) is 0.773. The first kappa shape index (κ1) is 15.4. The summed E-state index contributed by atoms with van der Waals surface area (Å²) in [6, 6.07) is 6.31. The van der Waals surface area contributed by atoms with Gasteiger partial charge in [-0.05, 0) is 26.2 Å². The number of hydrogen-bond acceptors (Lipinski definition) is 4. The second-order valence-electron chi connectivity index (χ2n) is 7.37. The first-order valence-electron chi connectivity index (χ1n) is 9.07. The van der Waals surface area contributed by atoms with Gasteiger partial charge >= 0.3 is 0 Å². The topological polar surface area (TPSA) is 77.0 Å². The van der Waals surface area contributed by atoms with E-state index in [4.69, 9.17) is 10.7 Å². The van der Waals surface area contributed by atoms with E-state index in [0.717, 1.165) is 46.3 Å². The summed E-state index contributed by atoms with van der Waals surface area (Å²) in [6.07, 6.45) is 5.36. The van der Waals surface area contributed by atoms with Crippen molar-refractivity contribution in [3.05, 3.63) is 41.3 Å². The number of rotatable bonds is 2. The van der Waals surface area contributed by atoms with Gasteiger partial charge in [0.15, 0.2) is 0 Å². The summed E-state index contributed by atoms with van der Waals surface area (Å²) in [5.41, 5.74) is 12.3. The summed E-state index contributed by atoms with van der Waals surface area (Å²) in [7, 11) is 1.91. The molecule has 0 radical (unpaired) electrons. The maximum atomic E-state index is 12.9. The lowest BCUT2D eigenvalue weighted by atomic mass is 9.92. The van der Waals surface area contributed by atoms with Crippen LogP contribution in [0.5, 0.6) is 0 Å². The van der Waals surface area contributed by atoms with E-state index in [1.165, 1.54) is 6.42 Å². The first-order chi connectivity index (χ1) is 12.5. The first-order valence-corrected chi connectivity index (χ1v) is 9.07. The van der Waals surface area contributed by atoms with Gasteiger partial charge in [-0.3, -0.25) is 9.48 Å². The molecule has 0 spiro atoms. The third kappa shape index (κ3) is 2.01. The highest BCUT2D eigenvalue weighted by atomic mass is 16.2. The lowest BCUT2D eigenvalue weighted by molar-refractivity contribution is 0.0606. The fourth-order valence-electron chi connectivity index (χ4n) is 4.17. The summed E-state index contributed by atoms with van der Waals surface area (Å²) in [5, 5.41) is 5.29. The lowest BCUT2D eigenvalue weighted by Gasteiger charge is -2.34. The number of nitrogen functional groups attached to an aromatic ring is 1. The molecule has 2 aliphatic rings. The predicted octanol–water partition coefficient (Wildman–Crippen LogP) is 3.03. The molecule has 1 saturated carbocycles. The molecule has 3 aromatic rings. The zero-order valence-electron chi connectivity index (χ0n) is 15.0. The number of carbonyl (C=O) groups excluding carboxylic acids is 1. The fourth-order valence-corrected chi connectivity index (χ4v) is 4.17. The number of hydrogen-bond donors (Lipinski definition) is 1. The molecule has 5 rings (SSSR count). The van der Waals surface area contributed by atoms with Gasteiger partial charge in [-0.25, -0.2) is 4.98 Å². The molecule has 132 valence electrons. The zero-order chi connectivity index (χ0) is 18.0. The Bertz CT molecular complexity index is 1060. The molecule has 1 aliphatic carbocycles. The molecule has 6 heteroatoms. The third-order valence-electron chi connectivity index (χ3n) is 5.74. The Kier molecular flexibility index (Phi) is 3.13. The average molecular weight is 347 g/mol. The molecule has 1 fully saturated rings. The van der Waals surface area contributed by atoms with E-state index < -0.39 is 0 Å². The number of aromatic nitrogens is 3. The number of fused-ring (bicyclic) bond motifs is 2. The van der Waals surface area contributed by atoms with E-state index in [1.807, 2.05) is 47.9 Å². The van der Waals surface area contributed by atoms with Gasteiger partial charge in [-0.1, -0.05) is 18.2 Å². The molecule has 2 aromatic heterocycles. The van der Waals surface area contributed by atoms with Crippen LogP contribution in [0.3, 0.4) is 0 Å². The van der Waals surface area contributed by atoms with Gasteiger partial charge in [0.05, 0.1) is 34.7 Å². The van der Waals surface area contributed by atoms with Gasteiger partial charge in [0.1, 0.15) is 0 Å². The van der Waals surface area contributed by atoms with Gasteiger partial charge in [0.2, 0.25) is 0 Å². The molecule has 26 heavy (non-hydrogen) atoms. The van der Waals surface area contributed by atoms with Crippen LogP contribution in [-0.4, -0.2) is 31.6 Å². The van der Waals surface area contributed by atoms with Crippen LogP contribution >= 0.6 is 0 Å². The highest BCUT2D eigenvalue weighted by Gasteiger charge is 2.38. The van der Waals surface area contributed by atoms with Crippen molar-refractivity contribution in [1.29, 1.82) is 0 Å². The standard InChI is InChI=1S/C20H21N5O/c1-11-15(9-24(2)23-11)13-7-4-8-14-18(21)17-16(22-19(13)14)10-25(20(17)26)12-5-3-6-12/h4,7-9,12H,3,5-6,10H2,1-2H3,(H2,21,22). The molecule has 6 nitrogen and oxygen atoms in total. The van der Waals surface area contributed by atoms with Crippen molar-refractivity contribution in [3.8, 4) is 11.1 Å². The Morgan fingerprint density at radius 3 is 2.69 bits per heavy atom. The van der Waals surface area contributed by atoms with E-state index in [9.17, 15) is 4.79 Å². The number of anilines is 1. The number of carbonyl (C=O) groups is 1. The van der Waals surface area contributed by atoms with Crippen molar-refractivity contribution >= 4 is 22.5 Å². The predicted molar refractivity (Wildman–Crippen MR) is 101 cm³/mol. The minimum Gasteiger partial charge on any atom is -0.397 e. The molecule has 1 aliphatic heterocycles. The summed E-state index contributed by atoms with van der Waals surface area (Å²) >= 11 is 0. The number of para-hydroxylation sites is 1. The number of pyridine rings is 1. The smallest absolute Gasteiger partial charge is 0.258 e. The molecule has 0 unspecified atom stereocenters. The van der Waals surface area contributed by atoms with Gasteiger partial charge < -0.3 is 10.6 Å². The molecule has 1 amide bonds. The molecule has 1 aromatic carbocycles. The Hall–Kier alpha value is -2.89. The normalized spacial score (nSPS) is 17.0. The van der Waals surface area contributed by atoms with E-state index in [2.05, 4.69) is 5.10 Å². The number of nitrogens with two attached hydrogens (primary N) is 1. The third-order valence-corrected chi connectivity index (χ3v) is 5.74. The lowest BCUT2D eigenvalue weighted by Crippen LogP contribution is -2.40. The van der Waals surface area contributed by atoms with Crippen molar-refractivity contribution < 1.29 is 4.79 Å². The number of aryl methyl sites for hydroxylation is 2. The van der Waals surface area contributed by atoms with E-state index in [0.29, 0.717) is 23.8 Å². The molecule has 0 atom stereocenters. The van der Waals surface area contributed by atoms with Crippen LogP contribution in [0.1, 0.15) is 41.0 Å². The number of benzene rings is 1. The zero-order valence-corrected chi connectivity index (χ0v) is 15.0. The maximum Gasteiger partial charge on any atom is 0.258 e. The van der Waals surface area contributed by atoms with Crippen LogP contribution in [-0.2, 0) is 13.6 Å². The monoisotopic (exact) mass is 347 g/mol. The Labute approximate surface area is 151 Å². The Morgan fingerprint density at radius 1 is 1.23 bits per heavy atom. The van der Waals surface area contributed by atoms with Crippen molar-refractivity contribution in [2.45, 2.75) is 38.8 Å². The largest absolute Gasteiger partial charge is 0.397 e. The van der Waals surface area contributed by atoms with Crippen LogP contribution in [0.25, 0.3) is 22.0 Å². The van der Waals surface area contributed by atoms with E-state index in [1.54, 1.807) is 0 Å². The molecular weight excluding hydrogens is 326 g/mol. The van der Waals surface area contributed by atoms with Crippen molar-refractivity contribution in [2.75, 3.05) is 5.73 Å². The van der Waals surface area contributed by atoms with E-state index in [-0.39, 0.29) is 5.91 Å². The van der Waals surface area contributed by atoms with E-state index >= 15 is 0 Å². The van der Waals surface area contributed by atoms with Crippen LogP contribution in [0.2, 0.25) is 0 Å². The highest BCUT2D eigenvalue weighted by Crippen LogP contribution is 2.39. The van der Waals surface area contributed by atoms with Gasteiger partial charge in [-0.15, -0.1) is 0 Å². The molecule has 0 bridgehead atoms. The highest BCUT2D eigenvalue weighted by molar-refractivity contribution is 6.11. The summed E-state index contributed by atoms with van der Waals surface area (Å²) in [6.45, 7) is 2.56. The average Bonchev–Trinajstić information content (AvgIpc) is 3.05. The van der Waals surface area contributed by atoms with Crippen molar-refractivity contribution in [3.63, 3.8) is 0 Å². The fraction of sp³-hybridized carbons (Fsp3) is 0.350. The van der Waals surface area contributed by atoms with Crippen LogP contribution in [0.15, 0.2) is 24.4 Å². The van der Waals surface area contributed by atoms with Crippen molar-refractivity contribution in [1.82, 2.24) is 19.7 Å². The van der Waals surface area contributed by atoms with Gasteiger partial charge in [0.25, 0.3) is 5.91 Å². The summed E-state index contributed by atoms with van der Waals surface area (Å²) in [4.78, 5) is 19.8. The number of nitrogens with zero attached hydrogens (tertiary/aromatic N) is 4. The second-order valence-corrected chi connectivity index (χ2v) is 7.37. The summed E-state index contributed by atoms with van der Waals surface area (Å²) in [5.74, 6) is 0.0413. The minimum absolute atomic E-state index is 0.0413.